The zero-order chi connectivity index (χ0) is 9.42. The summed E-state index contributed by atoms with van der Waals surface area (Å²) in [6.45, 7) is 1.93. The summed E-state index contributed by atoms with van der Waals surface area (Å²) < 4.78 is 1.14. The van der Waals surface area contributed by atoms with Crippen LogP contribution < -0.4 is 5.73 Å². The van der Waals surface area contributed by atoms with Gasteiger partial charge in [0.05, 0.1) is 16.3 Å². The summed E-state index contributed by atoms with van der Waals surface area (Å²) in [5, 5.41) is 1.67. The second-order valence-electron chi connectivity index (χ2n) is 2.95. The van der Waals surface area contributed by atoms with Crippen molar-refractivity contribution >= 4 is 45.6 Å². The molecular formula is C9H10Cl2N2S. The monoisotopic (exact) mass is 248 g/mol. The number of aromatic nitrogens is 1. The Morgan fingerprint density at radius 3 is 2.86 bits per heavy atom. The second-order valence-corrected chi connectivity index (χ2v) is 4.45. The van der Waals surface area contributed by atoms with E-state index in [9.17, 15) is 0 Å². The molecule has 1 heterocycles. The molecule has 0 fully saturated rings. The van der Waals surface area contributed by atoms with E-state index in [0.29, 0.717) is 5.02 Å². The van der Waals surface area contributed by atoms with Crippen molar-refractivity contribution in [2.45, 2.75) is 13.0 Å². The van der Waals surface area contributed by atoms with Gasteiger partial charge in [0.15, 0.2) is 0 Å². The van der Waals surface area contributed by atoms with Crippen molar-refractivity contribution in [2.24, 2.45) is 5.73 Å². The molecule has 0 bridgehead atoms. The van der Waals surface area contributed by atoms with E-state index in [1.165, 1.54) is 0 Å². The molecule has 0 saturated carbocycles. The third-order valence-electron chi connectivity index (χ3n) is 1.76. The van der Waals surface area contributed by atoms with E-state index in [1.807, 2.05) is 25.1 Å². The molecule has 0 unspecified atom stereocenters. The predicted octanol–water partition coefficient (Wildman–Crippen LogP) is 3.39. The van der Waals surface area contributed by atoms with Gasteiger partial charge in [0.25, 0.3) is 0 Å². The van der Waals surface area contributed by atoms with E-state index >= 15 is 0 Å². The molecule has 1 aromatic heterocycles. The van der Waals surface area contributed by atoms with Gasteiger partial charge in [0.1, 0.15) is 5.01 Å². The number of nitrogens with zero attached hydrogens (tertiary/aromatic N) is 1. The quantitative estimate of drug-likeness (QED) is 0.841. The van der Waals surface area contributed by atoms with Gasteiger partial charge in [-0.1, -0.05) is 11.6 Å². The summed E-state index contributed by atoms with van der Waals surface area (Å²) >= 11 is 7.46. The molecule has 1 aromatic carbocycles. The summed E-state index contributed by atoms with van der Waals surface area (Å²) in [5.41, 5.74) is 6.67. The van der Waals surface area contributed by atoms with Crippen molar-refractivity contribution in [2.75, 3.05) is 0 Å². The van der Waals surface area contributed by atoms with Gasteiger partial charge in [-0.2, -0.15) is 0 Å². The molecule has 0 aliphatic carbocycles. The van der Waals surface area contributed by atoms with Gasteiger partial charge in [-0.25, -0.2) is 4.98 Å². The average molecular weight is 249 g/mol. The lowest BCUT2D eigenvalue weighted by Crippen LogP contribution is -2.03. The number of fused-ring (bicyclic) bond motifs is 1. The van der Waals surface area contributed by atoms with Crippen molar-refractivity contribution in [1.82, 2.24) is 4.98 Å². The maximum atomic E-state index is 5.84. The number of hydrogen-bond donors (Lipinski definition) is 1. The Balaban J connectivity index is 0.000000980. The van der Waals surface area contributed by atoms with Crippen molar-refractivity contribution in [3.63, 3.8) is 0 Å². The zero-order valence-corrected chi connectivity index (χ0v) is 9.92. The number of hydrogen-bond acceptors (Lipinski definition) is 3. The maximum Gasteiger partial charge on any atom is 0.110 e. The van der Waals surface area contributed by atoms with Crippen LogP contribution in [0.5, 0.6) is 0 Å². The SMILES string of the molecule is C[C@H](N)c1nc2cc(Cl)ccc2s1.Cl. The molecule has 0 aliphatic heterocycles. The number of nitrogens with two attached hydrogens (primary N) is 1. The molecule has 0 spiro atoms. The lowest BCUT2D eigenvalue weighted by molar-refractivity contribution is 0.810. The Morgan fingerprint density at radius 1 is 1.50 bits per heavy atom. The average Bonchev–Trinajstić information content (AvgIpc) is 2.46. The highest BCUT2D eigenvalue weighted by atomic mass is 35.5. The zero-order valence-electron chi connectivity index (χ0n) is 7.53. The molecule has 1 atom stereocenters. The summed E-state index contributed by atoms with van der Waals surface area (Å²) in [7, 11) is 0. The van der Waals surface area contributed by atoms with Crippen molar-refractivity contribution in [1.29, 1.82) is 0 Å². The maximum absolute atomic E-state index is 5.84. The largest absolute Gasteiger partial charge is 0.322 e. The fourth-order valence-corrected chi connectivity index (χ4v) is 2.18. The van der Waals surface area contributed by atoms with Crippen LogP contribution >= 0.6 is 35.3 Å². The van der Waals surface area contributed by atoms with Gasteiger partial charge < -0.3 is 5.73 Å². The molecule has 14 heavy (non-hydrogen) atoms. The van der Waals surface area contributed by atoms with Gasteiger partial charge in [0.2, 0.25) is 0 Å². The molecular weight excluding hydrogens is 239 g/mol. The topological polar surface area (TPSA) is 38.9 Å². The van der Waals surface area contributed by atoms with E-state index in [-0.39, 0.29) is 18.4 Å². The lowest BCUT2D eigenvalue weighted by atomic mass is 10.3. The molecule has 0 aliphatic rings. The van der Waals surface area contributed by atoms with Crippen molar-refractivity contribution < 1.29 is 0 Å². The van der Waals surface area contributed by atoms with E-state index < -0.39 is 0 Å². The van der Waals surface area contributed by atoms with Crippen LogP contribution in [0.3, 0.4) is 0 Å². The lowest BCUT2D eigenvalue weighted by Gasteiger charge is -1.95. The van der Waals surface area contributed by atoms with E-state index in [2.05, 4.69) is 4.98 Å². The van der Waals surface area contributed by atoms with E-state index in [0.717, 1.165) is 15.2 Å². The van der Waals surface area contributed by atoms with Crippen LogP contribution in [0.2, 0.25) is 5.02 Å². The van der Waals surface area contributed by atoms with Crippen LogP contribution in [0.4, 0.5) is 0 Å². The Hall–Kier alpha value is -0.350. The van der Waals surface area contributed by atoms with E-state index in [4.69, 9.17) is 17.3 Å². The Morgan fingerprint density at radius 2 is 2.21 bits per heavy atom. The minimum absolute atomic E-state index is 0. The van der Waals surface area contributed by atoms with Crippen LogP contribution in [-0.2, 0) is 0 Å². The Labute approximate surface area is 97.5 Å². The molecule has 2 aromatic rings. The Bertz CT molecular complexity index is 439. The number of benzene rings is 1. The second kappa shape index (κ2) is 4.45. The first-order valence-electron chi connectivity index (χ1n) is 3.98. The summed E-state index contributed by atoms with van der Waals surface area (Å²) in [6, 6.07) is 5.70. The van der Waals surface area contributed by atoms with Gasteiger partial charge in [-0.3, -0.25) is 0 Å². The summed E-state index contributed by atoms with van der Waals surface area (Å²) in [6.07, 6.45) is 0. The van der Waals surface area contributed by atoms with Crippen molar-refractivity contribution in [3.05, 3.63) is 28.2 Å². The fraction of sp³-hybridized carbons (Fsp3) is 0.222. The van der Waals surface area contributed by atoms with Gasteiger partial charge >= 0.3 is 0 Å². The highest BCUT2D eigenvalue weighted by molar-refractivity contribution is 7.18. The van der Waals surface area contributed by atoms with Crippen LogP contribution in [-0.4, -0.2) is 4.98 Å². The fourth-order valence-electron chi connectivity index (χ4n) is 1.11. The minimum atomic E-state index is -0.00354. The van der Waals surface area contributed by atoms with Crippen molar-refractivity contribution in [3.8, 4) is 0 Å². The molecule has 2 rings (SSSR count). The van der Waals surface area contributed by atoms with E-state index in [1.54, 1.807) is 11.3 Å². The smallest absolute Gasteiger partial charge is 0.110 e. The number of halogens is 2. The molecule has 0 saturated heterocycles. The Kier molecular flexibility index (Phi) is 3.72. The standard InChI is InChI=1S/C9H9ClN2S.ClH/c1-5(11)9-12-7-4-6(10)2-3-8(7)13-9;/h2-5H,11H2,1H3;1H/t5-;/m0./s1. The normalized spacial score (nSPS) is 12.5. The molecule has 2 N–H and O–H groups in total. The minimum Gasteiger partial charge on any atom is -0.322 e. The third-order valence-corrected chi connectivity index (χ3v) is 3.23. The summed E-state index contributed by atoms with van der Waals surface area (Å²) in [4.78, 5) is 4.38. The summed E-state index contributed by atoms with van der Waals surface area (Å²) in [5.74, 6) is 0. The molecule has 0 amide bonds. The predicted molar refractivity (Wildman–Crippen MR) is 64.5 cm³/mol. The molecule has 5 heteroatoms. The molecule has 76 valence electrons. The first-order valence-corrected chi connectivity index (χ1v) is 5.18. The molecule has 0 radical (unpaired) electrons. The van der Waals surface area contributed by atoms with Crippen LogP contribution in [0.1, 0.15) is 18.0 Å². The van der Waals surface area contributed by atoms with Crippen LogP contribution in [0.15, 0.2) is 18.2 Å². The van der Waals surface area contributed by atoms with Crippen LogP contribution in [0.25, 0.3) is 10.2 Å². The van der Waals surface area contributed by atoms with Gasteiger partial charge in [-0.15, -0.1) is 23.7 Å². The number of thiazole rings is 1. The molecule has 2 nitrogen and oxygen atoms in total. The number of rotatable bonds is 1. The first kappa shape index (κ1) is 11.7. The van der Waals surface area contributed by atoms with Gasteiger partial charge in [0, 0.05) is 5.02 Å². The van der Waals surface area contributed by atoms with Crippen LogP contribution in [0, 0.1) is 0 Å². The first-order chi connectivity index (χ1) is 6.16. The third kappa shape index (κ3) is 2.17. The van der Waals surface area contributed by atoms with Gasteiger partial charge in [-0.05, 0) is 25.1 Å². The highest BCUT2D eigenvalue weighted by Crippen LogP contribution is 2.27. The highest BCUT2D eigenvalue weighted by Gasteiger charge is 2.07.